The summed E-state index contributed by atoms with van der Waals surface area (Å²) in [6, 6.07) is 15.7. The normalized spacial score (nSPS) is 15.1. The van der Waals surface area contributed by atoms with Gasteiger partial charge in [0, 0.05) is 36.9 Å². The molecule has 0 bridgehead atoms. The van der Waals surface area contributed by atoms with Crippen LogP contribution < -0.4 is 9.64 Å². The molecule has 2 heterocycles. The minimum atomic E-state index is 0.556. The van der Waals surface area contributed by atoms with Crippen LogP contribution in [0.3, 0.4) is 0 Å². The molecule has 27 heavy (non-hydrogen) atoms. The summed E-state index contributed by atoms with van der Waals surface area (Å²) >= 11 is 6.10. The van der Waals surface area contributed by atoms with Crippen LogP contribution in [0.4, 0.5) is 5.69 Å². The molecule has 0 aliphatic carbocycles. The molecule has 0 spiro atoms. The third-order valence-electron chi connectivity index (χ3n) is 4.72. The van der Waals surface area contributed by atoms with Crippen molar-refractivity contribution in [3.8, 4) is 17.1 Å². The fourth-order valence-electron chi connectivity index (χ4n) is 3.29. The number of piperazine rings is 1. The van der Waals surface area contributed by atoms with Gasteiger partial charge in [-0.2, -0.15) is 4.98 Å². The minimum Gasteiger partial charge on any atom is -0.496 e. The van der Waals surface area contributed by atoms with E-state index in [0.29, 0.717) is 18.3 Å². The number of para-hydroxylation sites is 1. The molecule has 7 heteroatoms. The number of benzene rings is 2. The van der Waals surface area contributed by atoms with Crippen LogP contribution in [0.5, 0.6) is 5.75 Å². The zero-order valence-corrected chi connectivity index (χ0v) is 15.9. The van der Waals surface area contributed by atoms with E-state index < -0.39 is 0 Å². The van der Waals surface area contributed by atoms with Gasteiger partial charge in [0.2, 0.25) is 11.7 Å². The molecule has 0 unspecified atom stereocenters. The number of rotatable bonds is 5. The van der Waals surface area contributed by atoms with E-state index in [1.54, 1.807) is 7.11 Å². The highest BCUT2D eigenvalue weighted by Crippen LogP contribution is 2.27. The lowest BCUT2D eigenvalue weighted by Gasteiger charge is -2.35. The maximum absolute atomic E-state index is 6.10. The Morgan fingerprint density at radius 2 is 1.89 bits per heavy atom. The first-order chi connectivity index (χ1) is 13.2. The van der Waals surface area contributed by atoms with Gasteiger partial charge in [0.05, 0.1) is 19.2 Å². The first kappa shape index (κ1) is 17.8. The Labute approximate surface area is 163 Å². The van der Waals surface area contributed by atoms with Crippen molar-refractivity contribution in [3.05, 3.63) is 59.4 Å². The number of anilines is 1. The first-order valence-corrected chi connectivity index (χ1v) is 9.29. The molecule has 1 aliphatic rings. The van der Waals surface area contributed by atoms with E-state index in [1.165, 1.54) is 5.69 Å². The van der Waals surface area contributed by atoms with E-state index in [1.807, 2.05) is 42.5 Å². The summed E-state index contributed by atoms with van der Waals surface area (Å²) < 4.78 is 10.8. The predicted molar refractivity (Wildman–Crippen MR) is 105 cm³/mol. The molecular formula is C20H21ClN4O2. The third kappa shape index (κ3) is 4.07. The largest absolute Gasteiger partial charge is 0.496 e. The maximum atomic E-state index is 6.10. The summed E-state index contributed by atoms with van der Waals surface area (Å²) in [6.45, 7) is 4.38. The summed E-state index contributed by atoms with van der Waals surface area (Å²) in [5, 5.41) is 4.88. The summed E-state index contributed by atoms with van der Waals surface area (Å²) in [6.07, 6.45) is 0. The van der Waals surface area contributed by atoms with Crippen LogP contribution in [0.1, 0.15) is 5.89 Å². The Balaban J connectivity index is 1.38. The first-order valence-electron chi connectivity index (χ1n) is 8.92. The molecule has 6 nitrogen and oxygen atoms in total. The molecule has 1 aliphatic heterocycles. The van der Waals surface area contributed by atoms with Crippen molar-refractivity contribution in [2.45, 2.75) is 6.54 Å². The molecule has 4 rings (SSSR count). The van der Waals surface area contributed by atoms with Gasteiger partial charge in [-0.1, -0.05) is 35.0 Å². The summed E-state index contributed by atoms with van der Waals surface area (Å²) in [5.74, 6) is 1.91. The third-order valence-corrected chi connectivity index (χ3v) is 4.96. The maximum Gasteiger partial charge on any atom is 0.241 e. The van der Waals surface area contributed by atoms with Gasteiger partial charge in [-0.25, -0.2) is 0 Å². The van der Waals surface area contributed by atoms with Crippen LogP contribution >= 0.6 is 11.6 Å². The number of hydrogen-bond donors (Lipinski definition) is 0. The molecule has 1 aromatic heterocycles. The predicted octanol–water partition coefficient (Wildman–Crippen LogP) is 3.72. The van der Waals surface area contributed by atoms with Crippen molar-refractivity contribution in [1.29, 1.82) is 0 Å². The molecule has 0 N–H and O–H groups in total. The van der Waals surface area contributed by atoms with Gasteiger partial charge in [-0.3, -0.25) is 4.90 Å². The van der Waals surface area contributed by atoms with Crippen LogP contribution in [-0.2, 0) is 6.54 Å². The standard InChI is InChI=1S/C20H21ClN4O2/c1-26-18-8-3-2-7-17(18)20-22-19(27-23-20)14-24-9-11-25(12-10-24)16-6-4-5-15(21)13-16/h2-8,13H,9-12,14H2,1H3. The van der Waals surface area contributed by atoms with Crippen molar-refractivity contribution in [2.75, 3.05) is 38.2 Å². The van der Waals surface area contributed by atoms with Crippen LogP contribution in [0, 0.1) is 0 Å². The molecular weight excluding hydrogens is 364 g/mol. The number of methoxy groups -OCH3 is 1. The second-order valence-corrected chi connectivity index (χ2v) is 6.89. The Hall–Kier alpha value is -2.57. The second kappa shape index (κ2) is 7.98. The van der Waals surface area contributed by atoms with Crippen molar-refractivity contribution >= 4 is 17.3 Å². The van der Waals surface area contributed by atoms with Gasteiger partial charge >= 0.3 is 0 Å². The molecule has 140 valence electrons. The number of aromatic nitrogens is 2. The zero-order chi connectivity index (χ0) is 18.6. The highest BCUT2D eigenvalue weighted by Gasteiger charge is 2.20. The highest BCUT2D eigenvalue weighted by molar-refractivity contribution is 6.30. The number of halogens is 1. The molecule has 0 radical (unpaired) electrons. The van der Waals surface area contributed by atoms with E-state index in [-0.39, 0.29) is 0 Å². The smallest absolute Gasteiger partial charge is 0.241 e. The van der Waals surface area contributed by atoms with Crippen molar-refractivity contribution < 1.29 is 9.26 Å². The highest BCUT2D eigenvalue weighted by atomic mass is 35.5. The van der Waals surface area contributed by atoms with Gasteiger partial charge in [0.1, 0.15) is 5.75 Å². The van der Waals surface area contributed by atoms with Crippen molar-refractivity contribution in [1.82, 2.24) is 15.0 Å². The Morgan fingerprint density at radius 3 is 2.67 bits per heavy atom. The van der Waals surface area contributed by atoms with Crippen molar-refractivity contribution in [2.24, 2.45) is 0 Å². The average Bonchev–Trinajstić information content (AvgIpc) is 3.17. The van der Waals surface area contributed by atoms with Crippen LogP contribution in [0.15, 0.2) is 53.1 Å². The molecule has 0 saturated carbocycles. The van der Waals surface area contributed by atoms with Crippen molar-refractivity contribution in [3.63, 3.8) is 0 Å². The summed E-state index contributed by atoms with van der Waals surface area (Å²) in [4.78, 5) is 9.21. The van der Waals surface area contributed by atoms with E-state index in [0.717, 1.165) is 42.5 Å². The molecule has 0 atom stereocenters. The number of nitrogens with zero attached hydrogens (tertiary/aromatic N) is 4. The average molecular weight is 385 g/mol. The molecule has 2 aromatic carbocycles. The van der Waals surface area contributed by atoms with Gasteiger partial charge in [0.25, 0.3) is 0 Å². The van der Waals surface area contributed by atoms with Crippen LogP contribution in [0.25, 0.3) is 11.4 Å². The molecule has 1 saturated heterocycles. The van der Waals surface area contributed by atoms with Gasteiger partial charge in [0.15, 0.2) is 0 Å². The Morgan fingerprint density at radius 1 is 1.07 bits per heavy atom. The Bertz CT molecular complexity index is 906. The second-order valence-electron chi connectivity index (χ2n) is 6.46. The summed E-state index contributed by atoms with van der Waals surface area (Å²) in [7, 11) is 1.64. The van der Waals surface area contributed by atoms with E-state index in [4.69, 9.17) is 20.9 Å². The number of ether oxygens (including phenoxy) is 1. The van der Waals surface area contributed by atoms with Gasteiger partial charge in [-0.05, 0) is 30.3 Å². The zero-order valence-electron chi connectivity index (χ0n) is 15.1. The SMILES string of the molecule is COc1ccccc1-c1noc(CN2CCN(c3cccc(Cl)c3)CC2)n1. The quantitative estimate of drug-likeness (QED) is 0.668. The summed E-state index contributed by atoms with van der Waals surface area (Å²) in [5.41, 5.74) is 2.00. The topological polar surface area (TPSA) is 54.6 Å². The lowest BCUT2D eigenvalue weighted by molar-refractivity contribution is 0.215. The lowest BCUT2D eigenvalue weighted by atomic mass is 10.2. The van der Waals surface area contributed by atoms with Crippen LogP contribution in [-0.4, -0.2) is 48.3 Å². The number of hydrogen-bond acceptors (Lipinski definition) is 6. The molecule has 3 aromatic rings. The van der Waals surface area contributed by atoms with Gasteiger partial charge in [-0.15, -0.1) is 0 Å². The lowest BCUT2D eigenvalue weighted by Crippen LogP contribution is -2.46. The van der Waals surface area contributed by atoms with Crippen LogP contribution in [0.2, 0.25) is 5.02 Å². The minimum absolute atomic E-state index is 0.556. The van der Waals surface area contributed by atoms with Gasteiger partial charge < -0.3 is 14.2 Å². The van der Waals surface area contributed by atoms with E-state index >= 15 is 0 Å². The fraction of sp³-hybridized carbons (Fsp3) is 0.300. The fourth-order valence-corrected chi connectivity index (χ4v) is 3.47. The monoisotopic (exact) mass is 384 g/mol. The Kier molecular flexibility index (Phi) is 5.27. The molecule has 1 fully saturated rings. The molecule has 0 amide bonds. The van der Waals surface area contributed by atoms with E-state index in [9.17, 15) is 0 Å². The van der Waals surface area contributed by atoms with E-state index in [2.05, 4.69) is 26.0 Å².